The number of carbonyl (C=O) groups is 1. The summed E-state index contributed by atoms with van der Waals surface area (Å²) in [6, 6.07) is 0. The Balaban J connectivity index is 4.30. The van der Waals surface area contributed by atoms with E-state index in [1.165, 1.54) is 0 Å². The molecule has 0 aliphatic rings. The highest BCUT2D eigenvalue weighted by Gasteiger charge is 2.28. The van der Waals surface area contributed by atoms with Gasteiger partial charge in [-0.15, -0.1) is 11.8 Å². The number of alkyl halides is 3. The van der Waals surface area contributed by atoms with E-state index in [1.807, 2.05) is 19.2 Å². The summed E-state index contributed by atoms with van der Waals surface area (Å²) in [5.41, 5.74) is 0. The molecule has 0 unspecified atom stereocenters. The Kier molecular flexibility index (Phi) is 5.79. The van der Waals surface area contributed by atoms with Gasteiger partial charge in [-0.05, 0) is 12.2 Å². The summed E-state index contributed by atoms with van der Waals surface area (Å²) in [6.45, 7) is 2.42. The highest BCUT2D eigenvalue weighted by atomic mass is 32.2. The van der Waals surface area contributed by atoms with E-state index in [1.54, 1.807) is 12.3 Å². The van der Waals surface area contributed by atoms with Gasteiger partial charge in [-0.2, -0.15) is 13.2 Å². The second-order valence-electron chi connectivity index (χ2n) is 3.28. The van der Waals surface area contributed by atoms with E-state index in [4.69, 9.17) is 0 Å². The molecule has 0 radical (unpaired) electrons. The predicted molar refractivity (Wildman–Crippen MR) is 55.5 cm³/mol. The summed E-state index contributed by atoms with van der Waals surface area (Å²) in [4.78, 5) is 11.6. The molecule has 0 spiro atoms. The number of carbonyl (C=O) groups excluding carboxylic acids is 1. The summed E-state index contributed by atoms with van der Waals surface area (Å²) < 4.78 is 35.4. The molecule has 0 saturated carbocycles. The number of nitrogens with one attached hydrogen (secondary N) is 1. The van der Waals surface area contributed by atoms with Crippen LogP contribution in [0.5, 0.6) is 0 Å². The van der Waals surface area contributed by atoms with Crippen LogP contribution in [0, 0.1) is 5.92 Å². The average Bonchev–Trinajstić information content (AvgIpc) is 2.08. The number of amides is 1. The molecule has 88 valence electrons. The van der Waals surface area contributed by atoms with Gasteiger partial charge in [-0.3, -0.25) is 4.79 Å². The first-order chi connectivity index (χ1) is 6.76. The lowest BCUT2D eigenvalue weighted by atomic mass is 10.2. The first-order valence-electron chi connectivity index (χ1n) is 4.37. The molecule has 0 heterocycles. The Hall–Kier alpha value is -0.650. The smallest absolute Gasteiger partial charge is 0.342 e. The Bertz CT molecular complexity index is 248. The van der Waals surface area contributed by atoms with Gasteiger partial charge in [-0.25, -0.2) is 0 Å². The summed E-state index contributed by atoms with van der Waals surface area (Å²) >= 11 is 1.14. The molecule has 2 nitrogen and oxygen atoms in total. The highest BCUT2D eigenvalue weighted by Crippen LogP contribution is 2.16. The molecule has 0 saturated heterocycles. The molecule has 1 N–H and O–H groups in total. The van der Waals surface area contributed by atoms with Crippen molar-refractivity contribution in [1.82, 2.24) is 5.32 Å². The van der Waals surface area contributed by atoms with Gasteiger partial charge in [-0.1, -0.05) is 19.9 Å². The van der Waals surface area contributed by atoms with E-state index in [9.17, 15) is 18.0 Å². The van der Waals surface area contributed by atoms with Crippen molar-refractivity contribution in [3.05, 3.63) is 11.0 Å². The van der Waals surface area contributed by atoms with Gasteiger partial charge in [0.1, 0.15) is 6.54 Å². The van der Waals surface area contributed by atoms with Crippen molar-refractivity contribution >= 4 is 17.7 Å². The van der Waals surface area contributed by atoms with E-state index >= 15 is 0 Å². The average molecular weight is 241 g/mol. The third-order valence-electron chi connectivity index (χ3n) is 1.38. The summed E-state index contributed by atoms with van der Waals surface area (Å²) in [6.07, 6.45) is -1.07. The van der Waals surface area contributed by atoms with E-state index in [-0.39, 0.29) is 5.92 Å². The minimum absolute atomic E-state index is 0.129. The monoisotopic (exact) mass is 241 g/mol. The zero-order chi connectivity index (χ0) is 12.1. The summed E-state index contributed by atoms with van der Waals surface area (Å²) in [5.74, 6) is -0.544. The standard InChI is InChI=1S/C9H14F3NOS/c1-6(2)4-7(15-3)8(14)13-5-9(10,11)12/h4,6H,5H2,1-3H3,(H,13,14)/b7-4-. The third kappa shape index (κ3) is 7.30. The molecular formula is C9H14F3NOS. The third-order valence-corrected chi connectivity index (χ3v) is 2.14. The van der Waals surface area contributed by atoms with Crippen LogP contribution in [0.25, 0.3) is 0 Å². The molecule has 0 aliphatic carbocycles. The first kappa shape index (κ1) is 14.3. The van der Waals surface area contributed by atoms with Crippen LogP contribution in [0.2, 0.25) is 0 Å². The van der Waals surface area contributed by atoms with Crippen LogP contribution in [0.1, 0.15) is 13.8 Å². The van der Waals surface area contributed by atoms with Crippen LogP contribution >= 0.6 is 11.8 Å². The van der Waals surface area contributed by atoms with Crippen molar-refractivity contribution in [2.75, 3.05) is 12.8 Å². The fraction of sp³-hybridized carbons (Fsp3) is 0.667. The van der Waals surface area contributed by atoms with Gasteiger partial charge in [0.25, 0.3) is 5.91 Å². The maximum atomic E-state index is 11.8. The lowest BCUT2D eigenvalue weighted by molar-refractivity contribution is -0.135. The van der Waals surface area contributed by atoms with Crippen molar-refractivity contribution < 1.29 is 18.0 Å². The van der Waals surface area contributed by atoms with Gasteiger partial charge in [0.05, 0.1) is 4.91 Å². The summed E-state index contributed by atoms with van der Waals surface area (Å²) in [7, 11) is 0. The van der Waals surface area contributed by atoms with E-state index in [0.29, 0.717) is 4.91 Å². The fourth-order valence-electron chi connectivity index (χ4n) is 0.807. The Morgan fingerprint density at radius 3 is 2.33 bits per heavy atom. The zero-order valence-corrected chi connectivity index (χ0v) is 9.63. The van der Waals surface area contributed by atoms with Crippen molar-refractivity contribution in [3.8, 4) is 0 Å². The highest BCUT2D eigenvalue weighted by molar-refractivity contribution is 8.03. The molecule has 0 atom stereocenters. The van der Waals surface area contributed by atoms with E-state index < -0.39 is 18.6 Å². The summed E-state index contributed by atoms with van der Waals surface area (Å²) in [5, 5.41) is 1.83. The molecular weight excluding hydrogens is 227 g/mol. The largest absolute Gasteiger partial charge is 0.405 e. The zero-order valence-electron chi connectivity index (χ0n) is 8.81. The lowest BCUT2D eigenvalue weighted by Crippen LogP contribution is -2.34. The first-order valence-corrected chi connectivity index (χ1v) is 5.59. The number of rotatable bonds is 4. The van der Waals surface area contributed by atoms with Crippen molar-refractivity contribution in [3.63, 3.8) is 0 Å². The van der Waals surface area contributed by atoms with Crippen LogP contribution in [0.15, 0.2) is 11.0 Å². The predicted octanol–water partition coefficient (Wildman–Crippen LogP) is 2.57. The fourth-order valence-corrected chi connectivity index (χ4v) is 1.47. The Morgan fingerprint density at radius 2 is 2.00 bits per heavy atom. The van der Waals surface area contributed by atoms with E-state index in [2.05, 4.69) is 0 Å². The molecule has 6 heteroatoms. The molecule has 0 fully saturated rings. The number of halogens is 3. The molecule has 0 aliphatic heterocycles. The molecule has 15 heavy (non-hydrogen) atoms. The number of allylic oxidation sites excluding steroid dienone is 1. The van der Waals surface area contributed by atoms with Crippen LogP contribution in [0.4, 0.5) is 13.2 Å². The molecule has 0 aromatic heterocycles. The number of thioether (sulfide) groups is 1. The number of hydrogen-bond donors (Lipinski definition) is 1. The normalized spacial score (nSPS) is 13.1. The lowest BCUT2D eigenvalue weighted by Gasteiger charge is -2.10. The van der Waals surface area contributed by atoms with E-state index in [0.717, 1.165) is 11.8 Å². The van der Waals surface area contributed by atoms with Gasteiger partial charge in [0.15, 0.2) is 0 Å². The maximum absolute atomic E-state index is 11.8. The quantitative estimate of drug-likeness (QED) is 0.766. The second kappa shape index (κ2) is 6.05. The Morgan fingerprint density at radius 1 is 1.47 bits per heavy atom. The van der Waals surface area contributed by atoms with Gasteiger partial charge in [0.2, 0.25) is 0 Å². The molecule has 1 amide bonds. The second-order valence-corrected chi connectivity index (χ2v) is 4.12. The SMILES string of the molecule is CS/C(=C\C(C)C)C(=O)NCC(F)(F)F. The van der Waals surface area contributed by atoms with Crippen molar-refractivity contribution in [1.29, 1.82) is 0 Å². The minimum Gasteiger partial charge on any atom is -0.342 e. The van der Waals surface area contributed by atoms with Crippen LogP contribution in [0.3, 0.4) is 0 Å². The van der Waals surface area contributed by atoms with Crippen LogP contribution < -0.4 is 5.32 Å². The van der Waals surface area contributed by atoms with Crippen LogP contribution in [-0.4, -0.2) is 24.9 Å². The topological polar surface area (TPSA) is 29.1 Å². The van der Waals surface area contributed by atoms with Gasteiger partial charge in [0, 0.05) is 0 Å². The Labute approximate surface area is 91.3 Å². The maximum Gasteiger partial charge on any atom is 0.405 e. The molecule has 0 aromatic carbocycles. The van der Waals surface area contributed by atoms with Gasteiger partial charge < -0.3 is 5.32 Å². The molecule has 0 rings (SSSR count). The molecule has 0 aromatic rings. The number of hydrogen-bond acceptors (Lipinski definition) is 2. The van der Waals surface area contributed by atoms with Crippen molar-refractivity contribution in [2.45, 2.75) is 20.0 Å². The minimum atomic E-state index is -4.36. The molecule has 0 bridgehead atoms. The van der Waals surface area contributed by atoms with Crippen LogP contribution in [-0.2, 0) is 4.79 Å². The van der Waals surface area contributed by atoms with Crippen molar-refractivity contribution in [2.24, 2.45) is 5.92 Å². The van der Waals surface area contributed by atoms with Gasteiger partial charge >= 0.3 is 6.18 Å².